The fourth-order valence-electron chi connectivity index (χ4n) is 1.47. The van der Waals surface area contributed by atoms with E-state index in [1.54, 1.807) is 18.2 Å². The number of carboxylic acids is 1. The molecule has 2 aromatic rings. The van der Waals surface area contributed by atoms with Crippen LogP contribution in [0.25, 0.3) is 0 Å². The Morgan fingerprint density at radius 3 is 2.61 bits per heavy atom. The van der Waals surface area contributed by atoms with E-state index in [9.17, 15) is 4.79 Å². The van der Waals surface area contributed by atoms with Gasteiger partial charge in [-0.15, -0.1) is 0 Å². The monoisotopic (exact) mass is 263 g/mol. The van der Waals surface area contributed by atoms with Crippen molar-refractivity contribution in [1.29, 1.82) is 0 Å². The van der Waals surface area contributed by atoms with Gasteiger partial charge in [-0.1, -0.05) is 17.4 Å². The van der Waals surface area contributed by atoms with Gasteiger partial charge in [-0.2, -0.15) is 0 Å². The number of aryl methyl sites for hydroxylation is 3. The largest absolute Gasteiger partial charge is 0.478 e. The van der Waals surface area contributed by atoms with Crippen molar-refractivity contribution < 1.29 is 14.6 Å². The number of aromatic nitrogens is 1. The highest BCUT2D eigenvalue weighted by molar-refractivity contribution is 7.13. The number of carbonyl (C=O) groups is 1. The van der Waals surface area contributed by atoms with Crippen LogP contribution in [0.3, 0.4) is 0 Å². The second-order valence-electron chi connectivity index (χ2n) is 4.03. The summed E-state index contributed by atoms with van der Waals surface area (Å²) in [7, 11) is 0. The van der Waals surface area contributed by atoms with E-state index in [1.807, 2.05) is 20.8 Å². The third kappa shape index (κ3) is 2.51. The zero-order chi connectivity index (χ0) is 13.3. The Morgan fingerprint density at radius 1 is 1.33 bits per heavy atom. The van der Waals surface area contributed by atoms with Crippen molar-refractivity contribution in [2.75, 3.05) is 0 Å². The number of hydrogen-bond donors (Lipinski definition) is 1. The van der Waals surface area contributed by atoms with E-state index >= 15 is 0 Å². The number of nitrogens with zero attached hydrogens (tertiary/aromatic N) is 1. The predicted octanol–water partition coefficient (Wildman–Crippen LogP) is 3.56. The Hall–Kier alpha value is -1.88. The molecule has 0 atom stereocenters. The van der Waals surface area contributed by atoms with E-state index in [0.717, 1.165) is 16.1 Å². The molecule has 0 aliphatic carbocycles. The number of carboxylic acid groups (broad SMARTS) is 1. The molecule has 4 nitrogen and oxygen atoms in total. The smallest absolute Gasteiger partial charge is 0.339 e. The van der Waals surface area contributed by atoms with Crippen LogP contribution in [0.5, 0.6) is 10.9 Å². The molecule has 0 saturated heterocycles. The molecule has 0 aliphatic heterocycles. The molecule has 94 valence electrons. The van der Waals surface area contributed by atoms with Crippen LogP contribution in [0.1, 0.15) is 26.5 Å². The van der Waals surface area contributed by atoms with E-state index < -0.39 is 5.97 Å². The van der Waals surface area contributed by atoms with Gasteiger partial charge in [0, 0.05) is 4.88 Å². The van der Waals surface area contributed by atoms with Gasteiger partial charge in [-0.3, -0.25) is 0 Å². The maximum atomic E-state index is 11.1. The molecular weight excluding hydrogens is 250 g/mol. The number of aromatic carboxylic acids is 1. The summed E-state index contributed by atoms with van der Waals surface area (Å²) in [6.45, 7) is 5.73. The van der Waals surface area contributed by atoms with Crippen LogP contribution in [-0.2, 0) is 0 Å². The van der Waals surface area contributed by atoms with Gasteiger partial charge in [0.15, 0.2) is 0 Å². The van der Waals surface area contributed by atoms with Crippen molar-refractivity contribution in [2.24, 2.45) is 0 Å². The summed E-state index contributed by atoms with van der Waals surface area (Å²) in [5.74, 6) is -0.675. The number of thiazole rings is 1. The molecule has 0 unspecified atom stereocenters. The fraction of sp³-hybridized carbons (Fsp3) is 0.231. The third-order valence-electron chi connectivity index (χ3n) is 2.57. The molecule has 0 spiro atoms. The van der Waals surface area contributed by atoms with E-state index in [4.69, 9.17) is 9.84 Å². The van der Waals surface area contributed by atoms with Crippen LogP contribution in [0, 0.1) is 20.8 Å². The zero-order valence-electron chi connectivity index (χ0n) is 10.4. The third-order valence-corrected chi connectivity index (χ3v) is 3.52. The highest BCUT2D eigenvalue weighted by Gasteiger charge is 2.14. The summed E-state index contributed by atoms with van der Waals surface area (Å²) in [5, 5.41) is 9.57. The summed E-state index contributed by atoms with van der Waals surface area (Å²) >= 11 is 1.41. The van der Waals surface area contributed by atoms with Gasteiger partial charge in [-0.25, -0.2) is 9.78 Å². The average Bonchev–Trinajstić information content (AvgIpc) is 2.57. The number of ether oxygens (including phenoxy) is 1. The molecule has 18 heavy (non-hydrogen) atoms. The molecule has 1 aromatic carbocycles. The number of benzene rings is 1. The van der Waals surface area contributed by atoms with Crippen LogP contribution in [-0.4, -0.2) is 16.1 Å². The first-order chi connectivity index (χ1) is 8.47. The summed E-state index contributed by atoms with van der Waals surface area (Å²) in [5.41, 5.74) is 1.99. The lowest BCUT2D eigenvalue weighted by molar-refractivity contribution is 0.0694. The van der Waals surface area contributed by atoms with Crippen LogP contribution >= 0.6 is 11.3 Å². The minimum Gasteiger partial charge on any atom is -0.478 e. The normalized spacial score (nSPS) is 10.4. The highest BCUT2D eigenvalue weighted by Crippen LogP contribution is 2.31. The quantitative estimate of drug-likeness (QED) is 0.919. The average molecular weight is 263 g/mol. The van der Waals surface area contributed by atoms with Crippen molar-refractivity contribution in [3.05, 3.63) is 39.9 Å². The first-order valence-electron chi connectivity index (χ1n) is 5.43. The Morgan fingerprint density at radius 2 is 2.06 bits per heavy atom. The molecule has 1 N–H and O–H groups in total. The maximum absolute atomic E-state index is 11.1. The van der Waals surface area contributed by atoms with Gasteiger partial charge in [0.05, 0.1) is 5.69 Å². The van der Waals surface area contributed by atoms with Gasteiger partial charge < -0.3 is 9.84 Å². The molecule has 1 aromatic heterocycles. The van der Waals surface area contributed by atoms with Crippen LogP contribution < -0.4 is 4.74 Å². The molecule has 0 saturated carbocycles. The first-order valence-corrected chi connectivity index (χ1v) is 6.25. The molecule has 0 fully saturated rings. The minimum absolute atomic E-state index is 0.145. The summed E-state index contributed by atoms with van der Waals surface area (Å²) < 4.78 is 5.58. The molecule has 0 aliphatic rings. The van der Waals surface area contributed by atoms with Crippen molar-refractivity contribution in [2.45, 2.75) is 20.8 Å². The van der Waals surface area contributed by atoms with Crippen molar-refractivity contribution in [1.82, 2.24) is 4.98 Å². The van der Waals surface area contributed by atoms with E-state index in [0.29, 0.717) is 10.9 Å². The fourth-order valence-corrected chi connectivity index (χ4v) is 2.24. The van der Waals surface area contributed by atoms with E-state index in [1.165, 1.54) is 11.3 Å². The zero-order valence-corrected chi connectivity index (χ0v) is 11.2. The Kier molecular flexibility index (Phi) is 3.34. The second kappa shape index (κ2) is 4.78. The predicted molar refractivity (Wildman–Crippen MR) is 69.8 cm³/mol. The van der Waals surface area contributed by atoms with E-state index in [2.05, 4.69) is 4.98 Å². The Balaban J connectivity index is 2.38. The maximum Gasteiger partial charge on any atom is 0.339 e. The first kappa shape index (κ1) is 12.6. The molecule has 5 heteroatoms. The van der Waals surface area contributed by atoms with Gasteiger partial charge in [0.2, 0.25) is 0 Å². The SMILES string of the molecule is Cc1ccc(C(=O)O)c(Oc2nc(C)c(C)s2)c1. The van der Waals surface area contributed by atoms with Gasteiger partial charge in [0.25, 0.3) is 5.19 Å². The van der Waals surface area contributed by atoms with Crippen molar-refractivity contribution >= 4 is 17.3 Å². The van der Waals surface area contributed by atoms with Gasteiger partial charge in [-0.05, 0) is 38.5 Å². The number of hydrogen-bond acceptors (Lipinski definition) is 4. The second-order valence-corrected chi connectivity index (χ2v) is 5.19. The topological polar surface area (TPSA) is 59.4 Å². The summed E-state index contributed by atoms with van der Waals surface area (Å²) in [6.07, 6.45) is 0. The van der Waals surface area contributed by atoms with E-state index in [-0.39, 0.29) is 5.56 Å². The standard InChI is InChI=1S/C13H13NO3S/c1-7-4-5-10(12(15)16)11(6-7)17-13-14-8(2)9(3)18-13/h4-6H,1-3H3,(H,15,16). The lowest BCUT2D eigenvalue weighted by atomic mass is 10.1. The Labute approximate surface area is 109 Å². The van der Waals surface area contributed by atoms with Crippen LogP contribution in [0.2, 0.25) is 0 Å². The molecular formula is C13H13NO3S. The molecule has 0 radical (unpaired) electrons. The summed E-state index contributed by atoms with van der Waals surface area (Å²) in [6, 6.07) is 4.99. The lowest BCUT2D eigenvalue weighted by Crippen LogP contribution is -2.00. The lowest BCUT2D eigenvalue weighted by Gasteiger charge is -2.06. The molecule has 0 amide bonds. The summed E-state index contributed by atoms with van der Waals surface area (Å²) in [4.78, 5) is 16.4. The van der Waals surface area contributed by atoms with Gasteiger partial charge in [0.1, 0.15) is 11.3 Å². The van der Waals surface area contributed by atoms with Gasteiger partial charge >= 0.3 is 5.97 Å². The molecule has 1 heterocycles. The molecule has 0 bridgehead atoms. The highest BCUT2D eigenvalue weighted by atomic mass is 32.1. The van der Waals surface area contributed by atoms with Crippen molar-refractivity contribution in [3.8, 4) is 10.9 Å². The minimum atomic E-state index is -1.00. The van der Waals surface area contributed by atoms with Crippen LogP contribution in [0.4, 0.5) is 0 Å². The van der Waals surface area contributed by atoms with Crippen molar-refractivity contribution in [3.63, 3.8) is 0 Å². The van der Waals surface area contributed by atoms with Crippen LogP contribution in [0.15, 0.2) is 18.2 Å². The Bertz CT molecular complexity index is 585. The number of rotatable bonds is 3. The molecule has 2 rings (SSSR count).